The second-order valence-electron chi connectivity index (χ2n) is 4.27. The Labute approximate surface area is 123 Å². The Kier molecular flexibility index (Phi) is 3.36. The van der Waals surface area contributed by atoms with Gasteiger partial charge in [-0.05, 0) is 24.3 Å². The molecule has 0 radical (unpaired) electrons. The van der Waals surface area contributed by atoms with Gasteiger partial charge in [0.2, 0.25) is 0 Å². The van der Waals surface area contributed by atoms with Crippen molar-refractivity contribution in [2.24, 2.45) is 0 Å². The van der Waals surface area contributed by atoms with Crippen molar-refractivity contribution in [2.45, 2.75) is 0 Å². The lowest BCUT2D eigenvalue weighted by Crippen LogP contribution is -2.16. The van der Waals surface area contributed by atoms with E-state index in [4.69, 9.17) is 5.73 Å². The van der Waals surface area contributed by atoms with Crippen LogP contribution in [-0.4, -0.2) is 26.0 Å². The Morgan fingerprint density at radius 3 is 2.55 bits per heavy atom. The molecular weight excluding hydrogens is 288 g/mol. The third-order valence-corrected chi connectivity index (χ3v) is 2.80. The van der Waals surface area contributed by atoms with Crippen molar-refractivity contribution in [3.05, 3.63) is 52.9 Å². The van der Waals surface area contributed by atoms with Gasteiger partial charge in [0.25, 0.3) is 5.91 Å². The molecule has 0 saturated carbocycles. The fourth-order valence-electron chi connectivity index (χ4n) is 1.78. The minimum atomic E-state index is -0.634. The number of H-pyrrole nitrogens is 1. The number of nitrogen functional groups attached to an aromatic ring is 1. The summed E-state index contributed by atoms with van der Waals surface area (Å²) in [6.07, 6.45) is 2.79. The average Bonchev–Trinajstić information content (AvgIpc) is 2.95. The van der Waals surface area contributed by atoms with Gasteiger partial charge < -0.3 is 11.1 Å². The van der Waals surface area contributed by atoms with Gasteiger partial charge in [0.05, 0.1) is 0 Å². The van der Waals surface area contributed by atoms with E-state index in [1.54, 1.807) is 24.3 Å². The van der Waals surface area contributed by atoms with Crippen LogP contribution >= 0.6 is 0 Å². The van der Waals surface area contributed by atoms with Gasteiger partial charge in [-0.1, -0.05) is 5.16 Å². The molecule has 0 aliphatic heterocycles. The molecule has 9 nitrogen and oxygen atoms in total. The topological polar surface area (TPSA) is 140 Å². The van der Waals surface area contributed by atoms with E-state index in [1.807, 2.05) is 0 Å². The highest BCUT2D eigenvalue weighted by molar-refractivity contribution is 6.05. The van der Waals surface area contributed by atoms with Crippen LogP contribution in [0.15, 0.2) is 46.0 Å². The molecule has 2 heterocycles. The molecule has 0 fully saturated rings. The first-order valence-corrected chi connectivity index (χ1v) is 6.18. The molecule has 3 aromatic rings. The van der Waals surface area contributed by atoms with Crippen LogP contribution in [0.1, 0.15) is 10.5 Å². The molecular formula is C13H10N6O3. The summed E-state index contributed by atoms with van der Waals surface area (Å²) in [5.74, 6) is -0.739. The smallest absolute Gasteiger partial charge is 0.382 e. The largest absolute Gasteiger partial charge is 0.439 e. The zero-order valence-electron chi connectivity index (χ0n) is 11.1. The van der Waals surface area contributed by atoms with Crippen LogP contribution in [0.25, 0.3) is 11.4 Å². The number of benzene rings is 1. The Balaban J connectivity index is 1.78. The number of carbonyl (C=O) groups excluding carboxylic acids is 1. The van der Waals surface area contributed by atoms with Gasteiger partial charge in [-0.2, -0.15) is 0 Å². The van der Waals surface area contributed by atoms with E-state index in [2.05, 4.69) is 29.9 Å². The van der Waals surface area contributed by atoms with Crippen LogP contribution in [0.4, 0.5) is 11.5 Å². The molecule has 0 spiro atoms. The summed E-state index contributed by atoms with van der Waals surface area (Å²) >= 11 is 0. The van der Waals surface area contributed by atoms with Crippen LogP contribution in [0, 0.1) is 0 Å². The minimum Gasteiger partial charge on any atom is -0.382 e. The highest BCUT2D eigenvalue weighted by atomic mass is 16.5. The number of hydrogen-bond acceptors (Lipinski definition) is 7. The van der Waals surface area contributed by atoms with Gasteiger partial charge in [-0.25, -0.2) is 14.8 Å². The van der Waals surface area contributed by atoms with E-state index < -0.39 is 11.7 Å². The quantitative estimate of drug-likeness (QED) is 0.645. The highest BCUT2D eigenvalue weighted by Crippen LogP contribution is 2.17. The van der Waals surface area contributed by atoms with E-state index in [9.17, 15) is 9.59 Å². The zero-order chi connectivity index (χ0) is 15.5. The molecule has 0 aliphatic rings. The molecule has 0 bridgehead atoms. The summed E-state index contributed by atoms with van der Waals surface area (Å²) < 4.78 is 4.42. The predicted molar refractivity (Wildman–Crippen MR) is 77.0 cm³/mol. The van der Waals surface area contributed by atoms with Crippen molar-refractivity contribution in [3.8, 4) is 11.4 Å². The number of aromatic nitrogens is 4. The Bertz CT molecular complexity index is 868. The molecule has 2 aromatic heterocycles. The van der Waals surface area contributed by atoms with Crippen LogP contribution < -0.4 is 16.8 Å². The molecule has 0 atom stereocenters. The van der Waals surface area contributed by atoms with Crippen LogP contribution in [0.5, 0.6) is 0 Å². The SMILES string of the molecule is Nc1nccnc1C(=O)Nc1ccc(-c2noc(=O)[nH]2)cc1. The fourth-order valence-corrected chi connectivity index (χ4v) is 1.78. The second kappa shape index (κ2) is 5.48. The summed E-state index contributed by atoms with van der Waals surface area (Å²) in [7, 11) is 0. The monoisotopic (exact) mass is 298 g/mol. The Morgan fingerprint density at radius 1 is 1.18 bits per heavy atom. The molecule has 0 aliphatic carbocycles. The fraction of sp³-hybridized carbons (Fsp3) is 0. The van der Waals surface area contributed by atoms with Crippen LogP contribution in [-0.2, 0) is 0 Å². The number of hydrogen-bond donors (Lipinski definition) is 3. The number of rotatable bonds is 3. The normalized spacial score (nSPS) is 10.4. The minimum absolute atomic E-state index is 0.0485. The number of aromatic amines is 1. The van der Waals surface area contributed by atoms with Crippen LogP contribution in [0.2, 0.25) is 0 Å². The van der Waals surface area contributed by atoms with Gasteiger partial charge >= 0.3 is 5.76 Å². The first kappa shape index (κ1) is 13.5. The number of anilines is 2. The van der Waals surface area contributed by atoms with E-state index in [1.165, 1.54) is 12.4 Å². The van der Waals surface area contributed by atoms with Gasteiger partial charge in [0.1, 0.15) is 0 Å². The summed E-state index contributed by atoms with van der Waals surface area (Å²) in [5, 5.41) is 6.22. The molecule has 4 N–H and O–H groups in total. The molecule has 22 heavy (non-hydrogen) atoms. The van der Waals surface area contributed by atoms with Crippen molar-refractivity contribution >= 4 is 17.4 Å². The molecule has 9 heteroatoms. The van der Waals surface area contributed by atoms with Crippen molar-refractivity contribution < 1.29 is 9.32 Å². The number of nitrogens with one attached hydrogen (secondary N) is 2. The lowest BCUT2D eigenvalue weighted by atomic mass is 10.2. The molecule has 1 amide bonds. The zero-order valence-corrected chi connectivity index (χ0v) is 11.1. The maximum absolute atomic E-state index is 12.0. The molecule has 0 unspecified atom stereocenters. The van der Waals surface area contributed by atoms with Crippen molar-refractivity contribution in [2.75, 3.05) is 11.1 Å². The van der Waals surface area contributed by atoms with Gasteiger partial charge in [-0.3, -0.25) is 14.3 Å². The van der Waals surface area contributed by atoms with E-state index in [0.717, 1.165) is 0 Å². The van der Waals surface area contributed by atoms with Gasteiger partial charge in [0, 0.05) is 23.6 Å². The maximum atomic E-state index is 12.0. The summed E-state index contributed by atoms with van der Waals surface area (Å²) in [4.78, 5) is 33.0. The van der Waals surface area contributed by atoms with Crippen molar-refractivity contribution in [3.63, 3.8) is 0 Å². The first-order valence-electron chi connectivity index (χ1n) is 6.18. The summed E-state index contributed by atoms with van der Waals surface area (Å²) in [6, 6.07) is 6.63. The van der Waals surface area contributed by atoms with Gasteiger partial charge in [-0.15, -0.1) is 0 Å². The standard InChI is InChI=1S/C13H10N6O3/c14-10-9(15-5-6-16-10)12(20)17-8-3-1-7(2-4-8)11-18-13(21)22-19-11/h1-6H,(H2,14,16)(H,17,20)(H,18,19,21). The second-order valence-corrected chi connectivity index (χ2v) is 4.27. The first-order chi connectivity index (χ1) is 10.6. The van der Waals surface area contributed by atoms with Crippen molar-refractivity contribution in [1.29, 1.82) is 0 Å². The third kappa shape index (κ3) is 2.68. The summed E-state index contributed by atoms with van der Waals surface area (Å²) in [5.41, 5.74) is 6.81. The maximum Gasteiger partial charge on any atom is 0.439 e. The average molecular weight is 298 g/mol. The summed E-state index contributed by atoms with van der Waals surface area (Å²) in [6.45, 7) is 0. The number of amides is 1. The number of carbonyl (C=O) groups is 1. The molecule has 3 rings (SSSR count). The van der Waals surface area contributed by atoms with E-state index in [-0.39, 0.29) is 11.5 Å². The highest BCUT2D eigenvalue weighted by Gasteiger charge is 2.12. The third-order valence-electron chi connectivity index (χ3n) is 2.80. The number of nitrogens with zero attached hydrogens (tertiary/aromatic N) is 3. The molecule has 0 saturated heterocycles. The lowest BCUT2D eigenvalue weighted by molar-refractivity contribution is 0.102. The van der Waals surface area contributed by atoms with Gasteiger partial charge in [0.15, 0.2) is 17.3 Å². The van der Waals surface area contributed by atoms with E-state index in [0.29, 0.717) is 17.1 Å². The Morgan fingerprint density at radius 2 is 1.91 bits per heavy atom. The Hall–Kier alpha value is -3.49. The molecule has 110 valence electrons. The molecule has 1 aromatic carbocycles. The van der Waals surface area contributed by atoms with Crippen LogP contribution in [0.3, 0.4) is 0 Å². The van der Waals surface area contributed by atoms with Crippen molar-refractivity contribution in [1.82, 2.24) is 20.1 Å². The lowest BCUT2D eigenvalue weighted by Gasteiger charge is -2.06. The predicted octanol–water partition coefficient (Wildman–Crippen LogP) is 0.654. The number of nitrogens with two attached hydrogens (primary N) is 1. The van der Waals surface area contributed by atoms with E-state index >= 15 is 0 Å².